The second-order valence-corrected chi connectivity index (χ2v) is 3.66. The third kappa shape index (κ3) is 3.44. The van der Waals surface area contributed by atoms with Crippen LogP contribution in [0, 0.1) is 17.5 Å². The summed E-state index contributed by atoms with van der Waals surface area (Å²) >= 11 is 0. The minimum absolute atomic E-state index is 0.128. The van der Waals surface area contributed by atoms with Crippen molar-refractivity contribution in [1.29, 1.82) is 0 Å². The third-order valence-corrected chi connectivity index (χ3v) is 2.50. The van der Waals surface area contributed by atoms with Crippen molar-refractivity contribution in [2.24, 2.45) is 0 Å². The van der Waals surface area contributed by atoms with Crippen molar-refractivity contribution < 1.29 is 17.9 Å². The fourth-order valence-corrected chi connectivity index (χ4v) is 1.66. The van der Waals surface area contributed by atoms with E-state index in [2.05, 4.69) is 5.32 Å². The van der Waals surface area contributed by atoms with Crippen LogP contribution in [0.5, 0.6) is 0 Å². The van der Waals surface area contributed by atoms with Gasteiger partial charge in [-0.15, -0.1) is 0 Å². The lowest BCUT2D eigenvalue weighted by molar-refractivity contribution is 0.182. The second-order valence-electron chi connectivity index (χ2n) is 3.66. The summed E-state index contributed by atoms with van der Waals surface area (Å²) < 4.78 is 44.4. The van der Waals surface area contributed by atoms with E-state index in [1.165, 1.54) is 13.2 Å². The van der Waals surface area contributed by atoms with Gasteiger partial charge in [0.1, 0.15) is 0 Å². The van der Waals surface area contributed by atoms with Gasteiger partial charge in [0, 0.05) is 25.3 Å². The van der Waals surface area contributed by atoms with Gasteiger partial charge in [0.2, 0.25) is 0 Å². The van der Waals surface area contributed by atoms with E-state index in [1.54, 1.807) is 0 Å². The Balaban J connectivity index is 2.97. The fourth-order valence-electron chi connectivity index (χ4n) is 1.66. The number of ether oxygens (including phenoxy) is 1. The van der Waals surface area contributed by atoms with Crippen molar-refractivity contribution in [3.8, 4) is 0 Å². The lowest BCUT2D eigenvalue weighted by atomic mass is 10.0. The molecule has 0 aliphatic carbocycles. The fraction of sp³-hybridized carbons (Fsp3) is 0.500. The molecule has 0 saturated heterocycles. The summed E-state index contributed by atoms with van der Waals surface area (Å²) in [5.41, 5.74) is 0.128. The zero-order chi connectivity index (χ0) is 12.8. The molecular formula is C12H16F3NO. The van der Waals surface area contributed by atoms with Gasteiger partial charge >= 0.3 is 0 Å². The maximum Gasteiger partial charge on any atom is 0.194 e. The molecule has 0 saturated carbocycles. The second kappa shape index (κ2) is 6.61. The Morgan fingerprint density at radius 3 is 2.53 bits per heavy atom. The summed E-state index contributed by atoms with van der Waals surface area (Å²) in [5.74, 6) is -3.73. The van der Waals surface area contributed by atoms with Crippen molar-refractivity contribution >= 4 is 0 Å². The summed E-state index contributed by atoms with van der Waals surface area (Å²) in [7, 11) is 1.53. The Hall–Kier alpha value is -1.07. The van der Waals surface area contributed by atoms with E-state index < -0.39 is 17.5 Å². The van der Waals surface area contributed by atoms with Gasteiger partial charge in [0.25, 0.3) is 0 Å². The van der Waals surface area contributed by atoms with E-state index in [1.807, 2.05) is 6.92 Å². The Morgan fingerprint density at radius 2 is 1.94 bits per heavy atom. The van der Waals surface area contributed by atoms with E-state index >= 15 is 0 Å². The molecule has 1 N–H and O–H groups in total. The van der Waals surface area contributed by atoms with Crippen LogP contribution in [-0.4, -0.2) is 20.3 Å². The first-order chi connectivity index (χ1) is 8.11. The Kier molecular flexibility index (Phi) is 5.44. The number of rotatable bonds is 6. The molecule has 0 bridgehead atoms. The van der Waals surface area contributed by atoms with Crippen LogP contribution in [0.3, 0.4) is 0 Å². The van der Waals surface area contributed by atoms with E-state index in [4.69, 9.17) is 4.74 Å². The first-order valence-corrected chi connectivity index (χ1v) is 5.47. The standard InChI is InChI=1S/C12H16F3NO/c1-3-16-10(6-7-17-2)8-4-5-9(13)12(15)11(8)14/h4-5,10,16H,3,6-7H2,1-2H3. The van der Waals surface area contributed by atoms with Gasteiger partial charge in [-0.05, 0) is 19.0 Å². The molecule has 5 heteroatoms. The molecule has 1 aromatic rings. The topological polar surface area (TPSA) is 21.3 Å². The predicted molar refractivity (Wildman–Crippen MR) is 59.2 cm³/mol. The zero-order valence-electron chi connectivity index (χ0n) is 9.90. The van der Waals surface area contributed by atoms with Crippen LogP contribution in [0.1, 0.15) is 24.9 Å². The van der Waals surface area contributed by atoms with Crippen LogP contribution in [0.25, 0.3) is 0 Å². The van der Waals surface area contributed by atoms with Gasteiger partial charge in [0.15, 0.2) is 17.5 Å². The van der Waals surface area contributed by atoms with Gasteiger partial charge in [-0.2, -0.15) is 0 Å². The molecule has 1 aromatic carbocycles. The highest BCUT2D eigenvalue weighted by Gasteiger charge is 2.19. The van der Waals surface area contributed by atoms with E-state index in [0.717, 1.165) is 6.07 Å². The molecule has 2 nitrogen and oxygen atoms in total. The number of nitrogens with one attached hydrogen (secondary N) is 1. The molecular weight excluding hydrogens is 231 g/mol. The van der Waals surface area contributed by atoms with Gasteiger partial charge in [-0.1, -0.05) is 13.0 Å². The molecule has 0 aliphatic heterocycles. The van der Waals surface area contributed by atoms with Crippen molar-refractivity contribution in [3.63, 3.8) is 0 Å². The number of halogens is 3. The van der Waals surface area contributed by atoms with E-state index in [-0.39, 0.29) is 11.6 Å². The minimum Gasteiger partial charge on any atom is -0.385 e. The molecule has 1 rings (SSSR count). The maximum atomic E-state index is 13.6. The first-order valence-electron chi connectivity index (χ1n) is 5.47. The minimum atomic E-state index is -1.43. The average Bonchev–Trinajstić information content (AvgIpc) is 2.32. The van der Waals surface area contributed by atoms with Crippen LogP contribution < -0.4 is 5.32 Å². The molecule has 0 aromatic heterocycles. The molecule has 1 atom stereocenters. The molecule has 0 aliphatic rings. The van der Waals surface area contributed by atoms with Gasteiger partial charge < -0.3 is 10.1 Å². The highest BCUT2D eigenvalue weighted by atomic mass is 19.2. The summed E-state index contributed by atoms with van der Waals surface area (Å²) in [6.45, 7) is 2.88. The molecule has 0 fully saturated rings. The Morgan fingerprint density at radius 1 is 1.24 bits per heavy atom. The van der Waals surface area contributed by atoms with Gasteiger partial charge in [0.05, 0.1) is 0 Å². The van der Waals surface area contributed by atoms with Gasteiger partial charge in [-0.25, -0.2) is 13.2 Å². The largest absolute Gasteiger partial charge is 0.385 e. The van der Waals surface area contributed by atoms with Crippen LogP contribution in [0.2, 0.25) is 0 Å². The number of methoxy groups -OCH3 is 1. The molecule has 96 valence electrons. The number of hydrogen-bond donors (Lipinski definition) is 1. The van der Waals surface area contributed by atoms with Crippen molar-refractivity contribution in [1.82, 2.24) is 5.32 Å². The lowest BCUT2D eigenvalue weighted by Gasteiger charge is -2.18. The normalized spacial score (nSPS) is 12.8. The SMILES string of the molecule is CCNC(CCOC)c1ccc(F)c(F)c1F. The van der Waals surface area contributed by atoms with E-state index in [9.17, 15) is 13.2 Å². The highest BCUT2D eigenvalue weighted by Crippen LogP contribution is 2.23. The number of hydrogen-bond acceptors (Lipinski definition) is 2. The smallest absolute Gasteiger partial charge is 0.194 e. The zero-order valence-corrected chi connectivity index (χ0v) is 9.90. The Bertz CT molecular complexity index is 371. The van der Waals surface area contributed by atoms with Crippen LogP contribution in [-0.2, 0) is 4.74 Å². The number of benzene rings is 1. The predicted octanol–water partition coefficient (Wildman–Crippen LogP) is 2.79. The summed E-state index contributed by atoms with van der Waals surface area (Å²) in [6.07, 6.45) is 0.492. The molecule has 0 amide bonds. The first kappa shape index (κ1) is 14.0. The van der Waals surface area contributed by atoms with E-state index in [0.29, 0.717) is 19.6 Å². The maximum absolute atomic E-state index is 13.6. The lowest BCUT2D eigenvalue weighted by Crippen LogP contribution is -2.23. The molecule has 0 spiro atoms. The quantitative estimate of drug-likeness (QED) is 0.780. The summed E-state index contributed by atoms with van der Waals surface area (Å²) in [4.78, 5) is 0. The molecule has 0 radical (unpaired) electrons. The highest BCUT2D eigenvalue weighted by molar-refractivity contribution is 5.23. The summed E-state index contributed by atoms with van der Waals surface area (Å²) in [5, 5.41) is 3.01. The third-order valence-electron chi connectivity index (χ3n) is 2.50. The average molecular weight is 247 g/mol. The van der Waals surface area contributed by atoms with Crippen LogP contribution in [0.4, 0.5) is 13.2 Å². The van der Waals surface area contributed by atoms with Crippen molar-refractivity contribution in [2.75, 3.05) is 20.3 Å². The summed E-state index contributed by atoms with van der Waals surface area (Å²) in [6, 6.07) is 1.82. The molecule has 1 unspecified atom stereocenters. The van der Waals surface area contributed by atoms with Gasteiger partial charge in [-0.3, -0.25) is 0 Å². The van der Waals surface area contributed by atoms with Crippen LogP contribution >= 0.6 is 0 Å². The van der Waals surface area contributed by atoms with Crippen LogP contribution in [0.15, 0.2) is 12.1 Å². The molecule has 0 heterocycles. The molecule has 17 heavy (non-hydrogen) atoms. The van der Waals surface area contributed by atoms with Crippen molar-refractivity contribution in [3.05, 3.63) is 35.1 Å². The Labute approximate surface area is 98.8 Å². The van der Waals surface area contributed by atoms with Crippen molar-refractivity contribution in [2.45, 2.75) is 19.4 Å². The monoisotopic (exact) mass is 247 g/mol.